The van der Waals surface area contributed by atoms with Crippen LogP contribution in [0.1, 0.15) is 11.1 Å². The number of carbonyl (C=O) groups excluding carboxylic acids is 1. The minimum absolute atomic E-state index is 0.110. The molecule has 0 spiro atoms. The highest BCUT2D eigenvalue weighted by Gasteiger charge is 2.08. The summed E-state index contributed by atoms with van der Waals surface area (Å²) in [6.45, 7) is 1.35. The highest BCUT2D eigenvalue weighted by atomic mass is 35.5. The Morgan fingerprint density at radius 2 is 1.82 bits per heavy atom. The zero-order chi connectivity index (χ0) is 15.8. The van der Waals surface area contributed by atoms with Crippen LogP contribution in [0.4, 0.5) is 0 Å². The van der Waals surface area contributed by atoms with Crippen molar-refractivity contribution in [1.82, 2.24) is 0 Å². The van der Waals surface area contributed by atoms with Crippen LogP contribution in [-0.2, 0) is 22.6 Å². The number of halogens is 2. The first-order chi connectivity index (χ1) is 10.6. The highest BCUT2D eigenvalue weighted by molar-refractivity contribution is 6.63. The van der Waals surface area contributed by atoms with Crippen LogP contribution in [0.3, 0.4) is 0 Å². The van der Waals surface area contributed by atoms with E-state index in [4.69, 9.17) is 32.7 Å². The van der Waals surface area contributed by atoms with Gasteiger partial charge in [0.2, 0.25) is 5.24 Å². The molecule has 0 heterocycles. The van der Waals surface area contributed by atoms with E-state index >= 15 is 0 Å². The van der Waals surface area contributed by atoms with Crippen LogP contribution in [0.5, 0.6) is 5.75 Å². The molecule has 0 aliphatic carbocycles. The highest BCUT2D eigenvalue weighted by Crippen LogP contribution is 2.24. The molecule has 2 aromatic rings. The first-order valence-corrected chi connectivity index (χ1v) is 7.62. The second-order valence-corrected chi connectivity index (χ2v) is 5.53. The van der Waals surface area contributed by atoms with Crippen LogP contribution in [0.25, 0.3) is 0 Å². The summed E-state index contributed by atoms with van der Waals surface area (Å²) in [5.74, 6) is 0.560. The number of carbonyl (C=O) groups is 1. The predicted octanol–water partition coefficient (Wildman–Crippen LogP) is 4.24. The van der Waals surface area contributed by atoms with E-state index in [9.17, 15) is 4.79 Å². The number of hydrogen-bond donors (Lipinski definition) is 0. The molecular weight excluding hydrogens is 323 g/mol. The fraction of sp³-hybridized carbons (Fsp3) is 0.235. The van der Waals surface area contributed by atoms with Crippen molar-refractivity contribution >= 4 is 28.4 Å². The van der Waals surface area contributed by atoms with Crippen molar-refractivity contribution in [2.24, 2.45) is 0 Å². The first kappa shape index (κ1) is 16.8. The summed E-state index contributed by atoms with van der Waals surface area (Å²) in [7, 11) is 0. The lowest BCUT2D eigenvalue weighted by molar-refractivity contribution is -0.111. The molecule has 0 aliphatic heterocycles. The second kappa shape index (κ2) is 8.79. The fourth-order valence-corrected chi connectivity index (χ4v) is 2.24. The maximum Gasteiger partial charge on any atom is 0.226 e. The van der Waals surface area contributed by atoms with E-state index in [-0.39, 0.29) is 6.42 Å². The topological polar surface area (TPSA) is 35.5 Å². The maximum atomic E-state index is 11.0. The van der Waals surface area contributed by atoms with Crippen molar-refractivity contribution in [2.75, 3.05) is 13.2 Å². The number of benzene rings is 2. The standard InChI is InChI=1S/C17H16Cl2O3/c18-15-7-6-14(10-17(19)20)16(11-15)22-9-8-21-12-13-4-2-1-3-5-13/h1-7,11H,8-10,12H2. The summed E-state index contributed by atoms with van der Waals surface area (Å²) < 4.78 is 11.2. The lowest BCUT2D eigenvalue weighted by Gasteiger charge is -2.11. The van der Waals surface area contributed by atoms with Crippen molar-refractivity contribution < 1.29 is 14.3 Å². The lowest BCUT2D eigenvalue weighted by atomic mass is 10.1. The molecule has 0 unspecified atom stereocenters. The van der Waals surface area contributed by atoms with Gasteiger partial charge in [0.15, 0.2) is 0 Å². The Hall–Kier alpha value is -1.55. The zero-order valence-corrected chi connectivity index (χ0v) is 13.4. The molecule has 2 aromatic carbocycles. The van der Waals surface area contributed by atoms with Crippen LogP contribution in [-0.4, -0.2) is 18.5 Å². The van der Waals surface area contributed by atoms with E-state index in [2.05, 4.69) is 0 Å². The summed E-state index contributed by atoms with van der Waals surface area (Å²) in [6.07, 6.45) is 0.110. The summed E-state index contributed by atoms with van der Waals surface area (Å²) in [6, 6.07) is 15.0. The third-order valence-corrected chi connectivity index (χ3v) is 3.32. The van der Waals surface area contributed by atoms with Gasteiger partial charge < -0.3 is 9.47 Å². The molecule has 0 aliphatic rings. The predicted molar refractivity (Wildman–Crippen MR) is 87.6 cm³/mol. The summed E-state index contributed by atoms with van der Waals surface area (Å²) in [4.78, 5) is 11.0. The van der Waals surface area contributed by atoms with Crippen LogP contribution < -0.4 is 4.74 Å². The minimum Gasteiger partial charge on any atom is -0.491 e. The Morgan fingerprint density at radius 1 is 1.05 bits per heavy atom. The molecule has 0 amide bonds. The van der Waals surface area contributed by atoms with E-state index in [1.807, 2.05) is 30.3 Å². The van der Waals surface area contributed by atoms with Gasteiger partial charge in [-0.2, -0.15) is 0 Å². The van der Waals surface area contributed by atoms with Crippen LogP contribution in [0.2, 0.25) is 5.02 Å². The molecule has 0 saturated carbocycles. The maximum absolute atomic E-state index is 11.0. The Bertz CT molecular complexity index is 615. The van der Waals surface area contributed by atoms with Crippen molar-refractivity contribution in [3.05, 3.63) is 64.7 Å². The Balaban J connectivity index is 1.81. The molecule has 5 heteroatoms. The quantitative estimate of drug-likeness (QED) is 0.533. The molecule has 2 rings (SSSR count). The molecule has 22 heavy (non-hydrogen) atoms. The van der Waals surface area contributed by atoms with E-state index in [0.29, 0.717) is 36.2 Å². The Labute approximate surface area is 139 Å². The molecule has 0 radical (unpaired) electrons. The number of rotatable bonds is 8. The minimum atomic E-state index is -0.437. The second-order valence-electron chi connectivity index (χ2n) is 4.67. The first-order valence-electron chi connectivity index (χ1n) is 6.86. The molecule has 0 saturated heterocycles. The number of ether oxygens (including phenoxy) is 2. The van der Waals surface area contributed by atoms with Crippen molar-refractivity contribution in [3.63, 3.8) is 0 Å². The SMILES string of the molecule is O=C(Cl)Cc1ccc(Cl)cc1OCCOCc1ccccc1. The van der Waals surface area contributed by atoms with Crippen LogP contribution in [0, 0.1) is 0 Å². The largest absolute Gasteiger partial charge is 0.491 e. The number of hydrogen-bond acceptors (Lipinski definition) is 3. The van der Waals surface area contributed by atoms with Crippen LogP contribution >= 0.6 is 23.2 Å². The van der Waals surface area contributed by atoms with E-state index in [0.717, 1.165) is 5.56 Å². The third-order valence-electron chi connectivity index (χ3n) is 2.96. The van der Waals surface area contributed by atoms with E-state index < -0.39 is 5.24 Å². The monoisotopic (exact) mass is 338 g/mol. The van der Waals surface area contributed by atoms with Gasteiger partial charge in [-0.05, 0) is 29.3 Å². The van der Waals surface area contributed by atoms with Gasteiger partial charge in [0.1, 0.15) is 12.4 Å². The zero-order valence-electron chi connectivity index (χ0n) is 11.9. The lowest BCUT2D eigenvalue weighted by Crippen LogP contribution is -2.08. The van der Waals surface area contributed by atoms with Gasteiger partial charge in [0.25, 0.3) is 0 Å². The molecule has 3 nitrogen and oxygen atoms in total. The Morgan fingerprint density at radius 3 is 2.55 bits per heavy atom. The van der Waals surface area contributed by atoms with E-state index in [1.54, 1.807) is 18.2 Å². The van der Waals surface area contributed by atoms with Gasteiger partial charge >= 0.3 is 0 Å². The average molecular weight is 339 g/mol. The normalized spacial score (nSPS) is 10.5. The summed E-state index contributed by atoms with van der Waals surface area (Å²) in [5.41, 5.74) is 1.83. The van der Waals surface area contributed by atoms with Crippen molar-refractivity contribution in [1.29, 1.82) is 0 Å². The molecule has 0 fully saturated rings. The van der Waals surface area contributed by atoms with Crippen molar-refractivity contribution in [3.8, 4) is 5.75 Å². The third kappa shape index (κ3) is 5.68. The summed E-state index contributed by atoms with van der Waals surface area (Å²) in [5, 5.41) is 0.110. The van der Waals surface area contributed by atoms with Gasteiger partial charge in [0, 0.05) is 10.6 Å². The van der Waals surface area contributed by atoms with E-state index in [1.165, 1.54) is 0 Å². The fourth-order valence-electron chi connectivity index (χ4n) is 1.93. The Kier molecular flexibility index (Phi) is 6.72. The van der Waals surface area contributed by atoms with Crippen molar-refractivity contribution in [2.45, 2.75) is 13.0 Å². The molecule has 0 bridgehead atoms. The van der Waals surface area contributed by atoms with Gasteiger partial charge in [-0.1, -0.05) is 48.0 Å². The average Bonchev–Trinajstić information content (AvgIpc) is 2.50. The molecule has 0 aromatic heterocycles. The molecular formula is C17H16Cl2O3. The summed E-state index contributed by atoms with van der Waals surface area (Å²) >= 11 is 11.4. The molecule has 0 atom stereocenters. The van der Waals surface area contributed by atoms with Gasteiger partial charge in [-0.3, -0.25) is 4.79 Å². The van der Waals surface area contributed by atoms with Gasteiger partial charge in [-0.15, -0.1) is 0 Å². The molecule has 116 valence electrons. The molecule has 0 N–H and O–H groups in total. The van der Waals surface area contributed by atoms with Gasteiger partial charge in [-0.25, -0.2) is 0 Å². The van der Waals surface area contributed by atoms with Gasteiger partial charge in [0.05, 0.1) is 19.6 Å². The smallest absolute Gasteiger partial charge is 0.226 e. The van der Waals surface area contributed by atoms with Crippen LogP contribution in [0.15, 0.2) is 48.5 Å².